The summed E-state index contributed by atoms with van der Waals surface area (Å²) < 4.78 is 26.4. The van der Waals surface area contributed by atoms with E-state index in [1.165, 1.54) is 6.92 Å². The molecule has 1 atom stereocenters. The van der Waals surface area contributed by atoms with Crippen LogP contribution < -0.4 is 0 Å². The highest BCUT2D eigenvalue weighted by Gasteiger charge is 2.20. The van der Waals surface area contributed by atoms with Crippen molar-refractivity contribution >= 4 is 15.9 Å². The lowest BCUT2D eigenvalue weighted by Gasteiger charge is -2.12. The van der Waals surface area contributed by atoms with Gasteiger partial charge in [-0.15, -0.1) is 0 Å². The van der Waals surface area contributed by atoms with E-state index in [-0.39, 0.29) is 16.6 Å². The van der Waals surface area contributed by atoms with Crippen LogP contribution in [0.2, 0.25) is 0 Å². The van der Waals surface area contributed by atoms with Gasteiger partial charge in [-0.3, -0.25) is 0 Å². The van der Waals surface area contributed by atoms with Crippen LogP contribution in [0.3, 0.4) is 0 Å². The summed E-state index contributed by atoms with van der Waals surface area (Å²) in [5, 5.41) is 17.9. The van der Waals surface area contributed by atoms with Gasteiger partial charge in [0.15, 0.2) is 0 Å². The van der Waals surface area contributed by atoms with Crippen LogP contribution in [0, 0.1) is 11.6 Å². The number of aliphatic hydroxyl groups is 1. The lowest BCUT2D eigenvalue weighted by Crippen LogP contribution is -2.06. The van der Waals surface area contributed by atoms with Crippen LogP contribution in [0.4, 0.5) is 8.78 Å². The predicted molar refractivity (Wildman–Crippen MR) is 51.2 cm³/mol. The molecule has 1 aromatic carbocycles. The van der Waals surface area contributed by atoms with Crippen molar-refractivity contribution in [3.8, 4) is 5.75 Å². The summed E-state index contributed by atoms with van der Waals surface area (Å²) in [6.45, 7) is 1.13. The molecule has 0 saturated carbocycles. The fraction of sp³-hybridized carbons (Fsp3) is 0.333. The summed E-state index contributed by atoms with van der Waals surface area (Å²) in [7, 11) is 0. The summed E-state index contributed by atoms with van der Waals surface area (Å²) in [6.07, 6.45) is 0. The van der Waals surface area contributed by atoms with Crippen molar-refractivity contribution in [1.82, 2.24) is 0 Å². The van der Waals surface area contributed by atoms with Gasteiger partial charge in [-0.1, -0.05) is 6.92 Å². The van der Waals surface area contributed by atoms with E-state index >= 15 is 0 Å². The Labute approximate surface area is 88.3 Å². The molecular formula is C9H9BrF2O2. The molecule has 2 nitrogen and oxygen atoms in total. The average Bonchev–Trinajstić information content (AvgIpc) is 2.14. The Balaban J connectivity index is 3.36. The van der Waals surface area contributed by atoms with Gasteiger partial charge in [-0.25, -0.2) is 8.78 Å². The van der Waals surface area contributed by atoms with Crippen molar-refractivity contribution < 1.29 is 19.0 Å². The Hall–Kier alpha value is -0.680. The van der Waals surface area contributed by atoms with Crippen LogP contribution in [0.1, 0.15) is 18.4 Å². The molecule has 0 aliphatic heterocycles. The highest BCUT2D eigenvalue weighted by molar-refractivity contribution is 9.10. The van der Waals surface area contributed by atoms with Gasteiger partial charge >= 0.3 is 0 Å². The molecule has 0 bridgehead atoms. The Bertz CT molecular complexity index is 355. The number of phenolic OH excluding ortho intramolecular Hbond substituents is 1. The topological polar surface area (TPSA) is 40.5 Å². The fourth-order valence-corrected chi connectivity index (χ4v) is 1.47. The Morgan fingerprint density at radius 1 is 1.50 bits per heavy atom. The van der Waals surface area contributed by atoms with Crippen molar-refractivity contribution in [3.05, 3.63) is 27.7 Å². The van der Waals surface area contributed by atoms with Crippen LogP contribution in [0.25, 0.3) is 0 Å². The third kappa shape index (κ3) is 1.88. The Kier molecular flexibility index (Phi) is 3.44. The van der Waals surface area contributed by atoms with E-state index in [1.54, 1.807) is 0 Å². The zero-order valence-electron chi connectivity index (χ0n) is 7.39. The molecule has 0 fully saturated rings. The van der Waals surface area contributed by atoms with Gasteiger partial charge in [0.25, 0.3) is 0 Å². The van der Waals surface area contributed by atoms with Gasteiger partial charge in [0.2, 0.25) is 0 Å². The van der Waals surface area contributed by atoms with Crippen LogP contribution in [-0.4, -0.2) is 16.8 Å². The summed E-state index contributed by atoms with van der Waals surface area (Å²) in [5.41, 5.74) is -0.225. The third-order valence-corrected chi connectivity index (χ3v) is 2.70. The molecule has 2 N–H and O–H groups in total. The van der Waals surface area contributed by atoms with Gasteiger partial charge < -0.3 is 10.2 Å². The Morgan fingerprint density at radius 3 is 2.57 bits per heavy atom. The molecule has 0 aliphatic carbocycles. The minimum absolute atomic E-state index is 0.186. The third-order valence-electron chi connectivity index (χ3n) is 1.94. The van der Waals surface area contributed by atoms with Crippen LogP contribution in [0.15, 0.2) is 10.5 Å². The fourth-order valence-electron chi connectivity index (χ4n) is 1.14. The first-order valence-corrected chi connectivity index (χ1v) is 4.75. The van der Waals surface area contributed by atoms with Crippen molar-refractivity contribution in [1.29, 1.82) is 0 Å². The number of halogens is 3. The average molecular weight is 267 g/mol. The largest absolute Gasteiger partial charge is 0.507 e. The molecular weight excluding hydrogens is 258 g/mol. The summed E-state index contributed by atoms with van der Waals surface area (Å²) in [6, 6.07) is 0.814. The Morgan fingerprint density at radius 2 is 2.07 bits per heavy atom. The second-order valence-electron chi connectivity index (χ2n) is 3.00. The van der Waals surface area contributed by atoms with Gasteiger partial charge in [0, 0.05) is 24.2 Å². The maximum absolute atomic E-state index is 13.4. The van der Waals surface area contributed by atoms with Crippen molar-refractivity contribution in [2.45, 2.75) is 12.8 Å². The molecule has 0 amide bonds. The number of hydrogen-bond acceptors (Lipinski definition) is 2. The second kappa shape index (κ2) is 4.23. The monoisotopic (exact) mass is 266 g/mol. The van der Waals surface area contributed by atoms with E-state index in [0.29, 0.717) is 0 Å². The molecule has 0 radical (unpaired) electrons. The molecule has 78 valence electrons. The molecule has 0 heterocycles. The maximum atomic E-state index is 13.4. The van der Waals surface area contributed by atoms with E-state index in [2.05, 4.69) is 15.9 Å². The zero-order valence-corrected chi connectivity index (χ0v) is 8.98. The first-order valence-electron chi connectivity index (χ1n) is 3.96. The van der Waals surface area contributed by atoms with Gasteiger partial charge in [-0.2, -0.15) is 0 Å². The number of rotatable bonds is 2. The molecule has 0 spiro atoms. The smallest absolute Gasteiger partial charge is 0.147 e. The molecule has 0 saturated heterocycles. The molecule has 5 heteroatoms. The molecule has 0 aliphatic rings. The zero-order chi connectivity index (χ0) is 10.9. The van der Waals surface area contributed by atoms with Crippen molar-refractivity contribution in [2.24, 2.45) is 0 Å². The van der Waals surface area contributed by atoms with E-state index in [1.807, 2.05) is 0 Å². The maximum Gasteiger partial charge on any atom is 0.147 e. The highest BCUT2D eigenvalue weighted by atomic mass is 79.9. The van der Waals surface area contributed by atoms with E-state index in [0.717, 1.165) is 6.07 Å². The quantitative estimate of drug-likeness (QED) is 0.808. The van der Waals surface area contributed by atoms with E-state index in [9.17, 15) is 8.78 Å². The summed E-state index contributed by atoms with van der Waals surface area (Å²) in [4.78, 5) is 0. The minimum atomic E-state index is -0.871. The number of aliphatic hydroxyl groups excluding tert-OH is 1. The molecule has 14 heavy (non-hydrogen) atoms. The van der Waals surface area contributed by atoms with Crippen LogP contribution in [0.5, 0.6) is 5.75 Å². The van der Waals surface area contributed by atoms with Crippen LogP contribution >= 0.6 is 15.9 Å². The first-order chi connectivity index (χ1) is 6.49. The molecule has 1 rings (SSSR count). The SMILES string of the molecule is CC(CO)c1c(F)cc(O)c(Br)c1F. The highest BCUT2D eigenvalue weighted by Crippen LogP contribution is 2.34. The number of phenols is 1. The van der Waals surface area contributed by atoms with E-state index in [4.69, 9.17) is 10.2 Å². The number of benzene rings is 1. The lowest BCUT2D eigenvalue weighted by atomic mass is 10.0. The van der Waals surface area contributed by atoms with Crippen molar-refractivity contribution in [3.63, 3.8) is 0 Å². The molecule has 1 aromatic rings. The van der Waals surface area contributed by atoms with Gasteiger partial charge in [0.1, 0.15) is 17.4 Å². The van der Waals surface area contributed by atoms with Gasteiger partial charge in [-0.05, 0) is 15.9 Å². The second-order valence-corrected chi connectivity index (χ2v) is 3.80. The lowest BCUT2D eigenvalue weighted by molar-refractivity contribution is 0.267. The standard InChI is InChI=1S/C9H9BrF2O2/c1-4(3-13)7-5(11)2-6(14)8(10)9(7)12/h2,4,13-14H,3H2,1H3. The van der Waals surface area contributed by atoms with Crippen LogP contribution in [-0.2, 0) is 0 Å². The summed E-state index contributed by atoms with van der Waals surface area (Å²) >= 11 is 2.79. The molecule has 1 unspecified atom stereocenters. The van der Waals surface area contributed by atoms with E-state index < -0.39 is 23.3 Å². The summed E-state index contributed by atoms with van der Waals surface area (Å²) in [5.74, 6) is -2.87. The van der Waals surface area contributed by atoms with Crippen molar-refractivity contribution in [2.75, 3.05) is 6.61 Å². The number of hydrogen-bond donors (Lipinski definition) is 2. The predicted octanol–water partition coefficient (Wildman–Crippen LogP) is 2.53. The minimum Gasteiger partial charge on any atom is -0.507 e. The van der Waals surface area contributed by atoms with Gasteiger partial charge in [0.05, 0.1) is 4.47 Å². The first kappa shape index (κ1) is 11.4. The normalized spacial score (nSPS) is 12.9. The molecule has 0 aromatic heterocycles. The number of aromatic hydroxyl groups is 1.